The van der Waals surface area contributed by atoms with E-state index in [1.807, 2.05) is 0 Å². The second-order valence-electron chi connectivity index (χ2n) is 7.02. The van der Waals surface area contributed by atoms with E-state index in [-0.39, 0.29) is 24.8 Å². The molecule has 0 aliphatic carbocycles. The lowest BCUT2D eigenvalue weighted by atomic mass is 10.00. The molecule has 2 aromatic heterocycles. The first-order chi connectivity index (χ1) is 15.2. The number of halogens is 3. The Hall–Kier alpha value is -3.58. The van der Waals surface area contributed by atoms with Gasteiger partial charge in [-0.05, 0) is 12.1 Å². The summed E-state index contributed by atoms with van der Waals surface area (Å²) in [5, 5.41) is 15.3. The highest BCUT2D eigenvalue weighted by atomic mass is 19.4. The number of aromatic amines is 1. The zero-order chi connectivity index (χ0) is 22.9. The summed E-state index contributed by atoms with van der Waals surface area (Å²) in [6.45, 7) is -0.433. The Bertz CT molecular complexity index is 1120. The van der Waals surface area contributed by atoms with Crippen molar-refractivity contribution in [2.45, 2.75) is 24.4 Å². The van der Waals surface area contributed by atoms with Gasteiger partial charge in [0.15, 0.2) is 17.3 Å². The van der Waals surface area contributed by atoms with E-state index in [1.165, 1.54) is 0 Å². The zero-order valence-corrected chi connectivity index (χ0v) is 16.3. The summed E-state index contributed by atoms with van der Waals surface area (Å²) < 4.78 is 43.7. The number of carbonyl (C=O) groups is 2. The standard InChI is InChI=1S/C19H17F3N6O4/c20-19(21,22)13-6-23-7-14(28-13)25-11-8-32-12(16(30)15(11)29)5-24-18(31)17-26-9-3-1-2-4-10(9)27-17/h1-4,6-7,11-12,16,30H,5,8H2,(H,24,31)(H,25,28)(H,26,27)/t11-,12+,16-/m0/s1. The highest BCUT2D eigenvalue weighted by molar-refractivity contribution is 5.94. The van der Waals surface area contributed by atoms with Crippen molar-refractivity contribution in [3.8, 4) is 0 Å². The van der Waals surface area contributed by atoms with Crippen LogP contribution in [0.2, 0.25) is 0 Å². The second-order valence-corrected chi connectivity index (χ2v) is 7.02. The molecule has 168 valence electrons. The molecule has 0 unspecified atom stereocenters. The van der Waals surface area contributed by atoms with E-state index >= 15 is 0 Å². The van der Waals surface area contributed by atoms with Crippen molar-refractivity contribution in [1.29, 1.82) is 0 Å². The normalized spacial score (nSPS) is 21.5. The van der Waals surface area contributed by atoms with Crippen LogP contribution in [0.5, 0.6) is 0 Å². The Morgan fingerprint density at radius 2 is 2.03 bits per heavy atom. The molecule has 1 saturated heterocycles. The molecule has 13 heteroatoms. The predicted octanol–water partition coefficient (Wildman–Crippen LogP) is 0.911. The maximum absolute atomic E-state index is 12.8. The molecule has 10 nitrogen and oxygen atoms in total. The average Bonchev–Trinajstić information content (AvgIpc) is 3.20. The summed E-state index contributed by atoms with van der Waals surface area (Å²) in [7, 11) is 0. The molecule has 0 bridgehead atoms. The van der Waals surface area contributed by atoms with Gasteiger partial charge in [-0.25, -0.2) is 9.97 Å². The number of aliphatic hydroxyl groups is 1. The number of imidazole rings is 1. The number of aromatic nitrogens is 4. The number of H-pyrrole nitrogens is 1. The Morgan fingerprint density at radius 1 is 1.25 bits per heavy atom. The van der Waals surface area contributed by atoms with Crippen LogP contribution in [-0.4, -0.2) is 68.1 Å². The number of nitrogens with one attached hydrogen (secondary N) is 3. The Labute approximate surface area is 178 Å². The molecule has 0 saturated carbocycles. The maximum atomic E-state index is 12.8. The second kappa shape index (κ2) is 8.51. The van der Waals surface area contributed by atoms with Gasteiger partial charge in [-0.2, -0.15) is 13.2 Å². The number of anilines is 1. The monoisotopic (exact) mass is 450 g/mol. The lowest BCUT2D eigenvalue weighted by Crippen LogP contribution is -2.56. The van der Waals surface area contributed by atoms with Gasteiger partial charge in [-0.3, -0.25) is 14.6 Å². The van der Waals surface area contributed by atoms with Crippen molar-refractivity contribution in [2.24, 2.45) is 0 Å². The van der Waals surface area contributed by atoms with Gasteiger partial charge in [0, 0.05) is 6.54 Å². The molecule has 1 fully saturated rings. The van der Waals surface area contributed by atoms with Gasteiger partial charge in [0.1, 0.15) is 24.1 Å². The van der Waals surface area contributed by atoms with E-state index in [0.717, 1.165) is 6.20 Å². The van der Waals surface area contributed by atoms with E-state index in [1.54, 1.807) is 24.3 Å². The minimum absolute atomic E-state index is 0.0606. The third-order valence-electron chi connectivity index (χ3n) is 4.78. The van der Waals surface area contributed by atoms with Crippen LogP contribution in [-0.2, 0) is 15.7 Å². The summed E-state index contributed by atoms with van der Waals surface area (Å²) in [6.07, 6.45) is -5.77. The van der Waals surface area contributed by atoms with Crippen LogP contribution in [0.3, 0.4) is 0 Å². The molecule has 1 aliphatic heterocycles. The van der Waals surface area contributed by atoms with Gasteiger partial charge in [0.25, 0.3) is 5.91 Å². The highest BCUT2D eigenvalue weighted by Crippen LogP contribution is 2.27. The van der Waals surface area contributed by atoms with Crippen molar-refractivity contribution < 1.29 is 32.6 Å². The fourth-order valence-electron chi connectivity index (χ4n) is 3.15. The van der Waals surface area contributed by atoms with Gasteiger partial charge in [-0.1, -0.05) is 12.1 Å². The number of Topliss-reactive ketones (excluding diaryl/α,β-unsaturated/α-hetero) is 1. The number of fused-ring (bicyclic) bond motifs is 1. The molecule has 32 heavy (non-hydrogen) atoms. The minimum atomic E-state index is -4.69. The smallest absolute Gasteiger partial charge is 0.382 e. The lowest BCUT2D eigenvalue weighted by molar-refractivity contribution is -0.147. The third kappa shape index (κ3) is 4.53. The van der Waals surface area contributed by atoms with Crippen LogP contribution in [0.4, 0.5) is 19.0 Å². The lowest BCUT2D eigenvalue weighted by Gasteiger charge is -2.32. The molecule has 1 aliphatic rings. The number of rotatable bonds is 5. The summed E-state index contributed by atoms with van der Waals surface area (Å²) in [4.78, 5) is 38.6. The molecular formula is C19H17F3N6O4. The maximum Gasteiger partial charge on any atom is 0.434 e. The molecule has 1 aromatic carbocycles. The number of nitrogens with zero attached hydrogens (tertiary/aromatic N) is 3. The molecular weight excluding hydrogens is 433 g/mol. The average molecular weight is 450 g/mol. The van der Waals surface area contributed by atoms with Gasteiger partial charge >= 0.3 is 6.18 Å². The van der Waals surface area contributed by atoms with E-state index < -0.39 is 41.8 Å². The molecule has 3 aromatic rings. The summed E-state index contributed by atoms with van der Waals surface area (Å²) >= 11 is 0. The molecule has 0 radical (unpaired) electrons. The van der Waals surface area contributed by atoms with Crippen molar-refractivity contribution in [2.75, 3.05) is 18.5 Å². The highest BCUT2D eigenvalue weighted by Gasteiger charge is 2.39. The summed E-state index contributed by atoms with van der Waals surface area (Å²) in [5.74, 6) is -1.49. The Balaban J connectivity index is 1.35. The number of ether oxygens (including phenoxy) is 1. The molecule has 4 N–H and O–H groups in total. The number of benzene rings is 1. The van der Waals surface area contributed by atoms with E-state index in [2.05, 4.69) is 30.6 Å². The van der Waals surface area contributed by atoms with Crippen molar-refractivity contribution in [3.63, 3.8) is 0 Å². The van der Waals surface area contributed by atoms with Gasteiger partial charge < -0.3 is 25.5 Å². The summed E-state index contributed by atoms with van der Waals surface area (Å²) in [6, 6.07) is 5.92. The van der Waals surface area contributed by atoms with E-state index in [9.17, 15) is 27.9 Å². The Morgan fingerprint density at radius 3 is 2.78 bits per heavy atom. The zero-order valence-electron chi connectivity index (χ0n) is 16.3. The van der Waals surface area contributed by atoms with E-state index in [0.29, 0.717) is 17.2 Å². The Kier molecular flexibility index (Phi) is 5.76. The van der Waals surface area contributed by atoms with Gasteiger partial charge in [-0.15, -0.1) is 0 Å². The quantitative estimate of drug-likeness (QED) is 0.449. The van der Waals surface area contributed by atoms with Crippen LogP contribution < -0.4 is 10.6 Å². The van der Waals surface area contributed by atoms with Crippen LogP contribution in [0.25, 0.3) is 11.0 Å². The molecule has 3 atom stereocenters. The number of carbonyl (C=O) groups excluding carboxylic acids is 2. The number of hydrogen-bond acceptors (Lipinski definition) is 8. The molecule has 0 spiro atoms. The fraction of sp³-hybridized carbons (Fsp3) is 0.316. The largest absolute Gasteiger partial charge is 0.434 e. The first-order valence-corrected chi connectivity index (χ1v) is 9.44. The van der Waals surface area contributed by atoms with Crippen molar-refractivity contribution in [3.05, 3.63) is 48.2 Å². The minimum Gasteiger partial charge on any atom is -0.382 e. The predicted molar refractivity (Wildman–Crippen MR) is 104 cm³/mol. The molecule has 1 amide bonds. The van der Waals surface area contributed by atoms with Crippen molar-refractivity contribution in [1.82, 2.24) is 25.3 Å². The van der Waals surface area contributed by atoms with Crippen molar-refractivity contribution >= 4 is 28.5 Å². The molecule has 4 rings (SSSR count). The first-order valence-electron chi connectivity index (χ1n) is 9.44. The summed E-state index contributed by atoms with van der Waals surface area (Å²) in [5.41, 5.74) is 0.0557. The molecule has 3 heterocycles. The van der Waals surface area contributed by atoms with Crippen LogP contribution in [0.1, 0.15) is 16.3 Å². The van der Waals surface area contributed by atoms with Crippen LogP contribution in [0, 0.1) is 0 Å². The SMILES string of the molecule is O=C(NC[C@H]1OC[C@H](Nc2cncc(C(F)(F)F)n2)C(=O)[C@H]1O)c1nc2ccccc2[nH]1. The number of alkyl halides is 3. The van der Waals surface area contributed by atoms with Gasteiger partial charge in [0.2, 0.25) is 0 Å². The number of aliphatic hydroxyl groups excluding tert-OH is 1. The first kappa shape index (κ1) is 21.6. The number of amides is 1. The van der Waals surface area contributed by atoms with Crippen LogP contribution in [0.15, 0.2) is 36.7 Å². The van der Waals surface area contributed by atoms with Crippen LogP contribution >= 0.6 is 0 Å². The van der Waals surface area contributed by atoms with E-state index in [4.69, 9.17) is 4.74 Å². The fourth-order valence-corrected chi connectivity index (χ4v) is 3.15. The topological polar surface area (TPSA) is 142 Å². The number of para-hydroxylation sites is 2. The van der Waals surface area contributed by atoms with Gasteiger partial charge in [0.05, 0.1) is 30.0 Å². The number of ketones is 1. The number of hydrogen-bond donors (Lipinski definition) is 4. The third-order valence-corrected chi connectivity index (χ3v) is 4.78.